The van der Waals surface area contributed by atoms with E-state index in [9.17, 15) is 22.7 Å². The van der Waals surface area contributed by atoms with Gasteiger partial charge in [0.15, 0.2) is 0 Å². The minimum absolute atomic E-state index is 0.0563. The summed E-state index contributed by atoms with van der Waals surface area (Å²) < 4.78 is 53.6. The molecule has 0 fully saturated rings. The number of ether oxygens (including phenoxy) is 1. The lowest BCUT2D eigenvalue weighted by molar-refractivity contribution is -0.274. The van der Waals surface area contributed by atoms with Crippen LogP contribution >= 0.6 is 11.6 Å². The van der Waals surface area contributed by atoms with Gasteiger partial charge in [-0.05, 0) is 23.8 Å². The summed E-state index contributed by atoms with van der Waals surface area (Å²) in [5.41, 5.74) is 0.157. The summed E-state index contributed by atoms with van der Waals surface area (Å²) in [6.07, 6.45) is -6.20. The van der Waals surface area contributed by atoms with Gasteiger partial charge in [-0.15, -0.1) is 13.2 Å². The van der Waals surface area contributed by atoms with Gasteiger partial charge in [0.05, 0.1) is 5.02 Å². The highest BCUT2D eigenvalue weighted by Crippen LogP contribution is 2.32. The van der Waals surface area contributed by atoms with Crippen LogP contribution < -0.4 is 4.74 Å². The second-order valence-corrected chi connectivity index (χ2v) is 4.54. The zero-order chi connectivity index (χ0) is 15.6. The maximum atomic E-state index is 13.3. The number of benzene rings is 2. The summed E-state index contributed by atoms with van der Waals surface area (Å²) in [5, 5.41) is 9.85. The van der Waals surface area contributed by atoms with Crippen molar-refractivity contribution in [3.8, 4) is 5.75 Å². The predicted octanol–water partition coefficient (Wildman–Crippen LogP) is 4.46. The van der Waals surface area contributed by atoms with E-state index in [4.69, 9.17) is 11.6 Å². The molecule has 0 aliphatic rings. The van der Waals surface area contributed by atoms with Gasteiger partial charge in [-0.1, -0.05) is 35.9 Å². The van der Waals surface area contributed by atoms with E-state index in [1.165, 1.54) is 24.3 Å². The fourth-order valence-corrected chi connectivity index (χ4v) is 2.02. The number of alkyl halides is 3. The lowest BCUT2D eigenvalue weighted by atomic mass is 10.0. The Balaban J connectivity index is 2.33. The fourth-order valence-electron chi connectivity index (χ4n) is 1.79. The van der Waals surface area contributed by atoms with Crippen molar-refractivity contribution in [1.29, 1.82) is 0 Å². The van der Waals surface area contributed by atoms with Gasteiger partial charge >= 0.3 is 6.36 Å². The normalized spacial score (nSPS) is 13.0. The van der Waals surface area contributed by atoms with Gasteiger partial charge in [-0.2, -0.15) is 0 Å². The molecule has 1 unspecified atom stereocenters. The van der Waals surface area contributed by atoms with Crippen molar-refractivity contribution < 1.29 is 27.4 Å². The highest BCUT2D eigenvalue weighted by molar-refractivity contribution is 6.31. The number of halogens is 5. The largest absolute Gasteiger partial charge is 0.573 e. The molecule has 0 radical (unpaired) electrons. The molecule has 0 spiro atoms. The van der Waals surface area contributed by atoms with Crippen LogP contribution in [0.1, 0.15) is 17.2 Å². The molecule has 0 heterocycles. The molecule has 2 aromatic rings. The number of aliphatic hydroxyl groups is 1. The van der Waals surface area contributed by atoms with Gasteiger partial charge in [0.1, 0.15) is 17.7 Å². The van der Waals surface area contributed by atoms with Gasteiger partial charge in [-0.25, -0.2) is 4.39 Å². The molecule has 1 N–H and O–H groups in total. The van der Waals surface area contributed by atoms with Crippen molar-refractivity contribution in [2.45, 2.75) is 12.5 Å². The highest BCUT2D eigenvalue weighted by Gasteiger charge is 2.31. The summed E-state index contributed by atoms with van der Waals surface area (Å²) in [7, 11) is 0. The maximum absolute atomic E-state index is 13.3. The third-order valence-corrected chi connectivity index (χ3v) is 3.08. The Kier molecular flexibility index (Phi) is 4.39. The summed E-state index contributed by atoms with van der Waals surface area (Å²) in [6.45, 7) is 0. The second-order valence-electron chi connectivity index (χ2n) is 4.17. The van der Waals surface area contributed by atoms with E-state index in [0.717, 1.165) is 18.2 Å². The molecule has 7 heteroatoms. The molecule has 2 aromatic carbocycles. The van der Waals surface area contributed by atoms with E-state index in [-0.39, 0.29) is 16.1 Å². The fraction of sp³-hybridized carbons (Fsp3) is 0.143. The Bertz CT molecular complexity index is 643. The summed E-state index contributed by atoms with van der Waals surface area (Å²) in [4.78, 5) is 0. The Morgan fingerprint density at radius 1 is 1.10 bits per heavy atom. The number of aliphatic hydroxyl groups excluding tert-OH is 1. The number of hydrogen-bond donors (Lipinski definition) is 1. The molecule has 0 aliphatic heterocycles. The van der Waals surface area contributed by atoms with Gasteiger partial charge in [-0.3, -0.25) is 0 Å². The van der Waals surface area contributed by atoms with Crippen LogP contribution in [-0.2, 0) is 0 Å². The van der Waals surface area contributed by atoms with Crippen LogP contribution in [-0.4, -0.2) is 11.5 Å². The molecule has 0 aliphatic carbocycles. The molecular formula is C14H9ClF4O2. The molecule has 112 valence electrons. The topological polar surface area (TPSA) is 29.5 Å². The monoisotopic (exact) mass is 320 g/mol. The van der Waals surface area contributed by atoms with Gasteiger partial charge in [0, 0.05) is 5.56 Å². The van der Waals surface area contributed by atoms with E-state index in [1.54, 1.807) is 0 Å². The molecule has 0 amide bonds. The molecule has 1 atom stereocenters. The lowest BCUT2D eigenvalue weighted by Gasteiger charge is -2.15. The third-order valence-electron chi connectivity index (χ3n) is 2.68. The van der Waals surface area contributed by atoms with Crippen LogP contribution in [0.2, 0.25) is 5.02 Å². The third kappa shape index (κ3) is 3.86. The average molecular weight is 321 g/mol. The molecule has 0 aromatic heterocycles. The van der Waals surface area contributed by atoms with E-state index < -0.39 is 24.0 Å². The van der Waals surface area contributed by atoms with E-state index in [1.807, 2.05) is 0 Å². The van der Waals surface area contributed by atoms with Crippen molar-refractivity contribution in [2.24, 2.45) is 0 Å². The van der Waals surface area contributed by atoms with Crippen LogP contribution in [0.4, 0.5) is 17.6 Å². The first-order chi connectivity index (χ1) is 9.78. The first-order valence-electron chi connectivity index (χ1n) is 5.75. The predicted molar refractivity (Wildman–Crippen MR) is 68.6 cm³/mol. The van der Waals surface area contributed by atoms with Crippen LogP contribution in [0.25, 0.3) is 0 Å². The Morgan fingerprint density at radius 3 is 2.43 bits per heavy atom. The van der Waals surface area contributed by atoms with Crippen molar-refractivity contribution in [3.63, 3.8) is 0 Å². The standard InChI is InChI=1S/C14H9ClF4O2/c15-12-10(5-2-6-11(12)16)13(20)8-3-1-4-9(7-8)21-14(17,18)19/h1-7,13,20H. The van der Waals surface area contributed by atoms with Crippen LogP contribution in [0.5, 0.6) is 5.75 Å². The smallest absolute Gasteiger partial charge is 0.406 e. The Morgan fingerprint density at radius 2 is 1.76 bits per heavy atom. The van der Waals surface area contributed by atoms with Gasteiger partial charge in [0.25, 0.3) is 0 Å². The highest BCUT2D eigenvalue weighted by atomic mass is 35.5. The summed E-state index contributed by atoms with van der Waals surface area (Å²) >= 11 is 5.74. The maximum Gasteiger partial charge on any atom is 0.573 e. The SMILES string of the molecule is OC(c1cccc(OC(F)(F)F)c1)c1cccc(F)c1Cl. The van der Waals surface area contributed by atoms with Crippen molar-refractivity contribution in [2.75, 3.05) is 0 Å². The molecular weight excluding hydrogens is 312 g/mol. The van der Waals surface area contributed by atoms with Crippen LogP contribution in [0.15, 0.2) is 42.5 Å². The first kappa shape index (κ1) is 15.6. The zero-order valence-electron chi connectivity index (χ0n) is 10.4. The van der Waals surface area contributed by atoms with Crippen LogP contribution in [0, 0.1) is 5.82 Å². The molecule has 0 saturated carbocycles. The second kappa shape index (κ2) is 5.91. The number of hydrogen-bond acceptors (Lipinski definition) is 2. The molecule has 21 heavy (non-hydrogen) atoms. The molecule has 2 nitrogen and oxygen atoms in total. The van der Waals surface area contributed by atoms with Crippen LogP contribution in [0.3, 0.4) is 0 Å². The molecule has 0 bridgehead atoms. The Hall–Kier alpha value is -1.79. The zero-order valence-corrected chi connectivity index (χ0v) is 11.1. The Labute approximate surface area is 122 Å². The lowest BCUT2D eigenvalue weighted by Crippen LogP contribution is -2.17. The molecule has 0 saturated heterocycles. The van der Waals surface area contributed by atoms with Crippen molar-refractivity contribution in [3.05, 3.63) is 64.4 Å². The summed E-state index contributed by atoms with van der Waals surface area (Å²) in [5.74, 6) is -1.21. The van der Waals surface area contributed by atoms with Gasteiger partial charge in [0.2, 0.25) is 0 Å². The quantitative estimate of drug-likeness (QED) is 0.846. The summed E-state index contributed by atoms with van der Waals surface area (Å²) in [6, 6.07) is 8.61. The average Bonchev–Trinajstić information content (AvgIpc) is 2.39. The minimum atomic E-state index is -4.83. The van der Waals surface area contributed by atoms with Crippen molar-refractivity contribution >= 4 is 11.6 Å². The van der Waals surface area contributed by atoms with E-state index in [0.29, 0.717) is 0 Å². The van der Waals surface area contributed by atoms with Crippen molar-refractivity contribution in [1.82, 2.24) is 0 Å². The minimum Gasteiger partial charge on any atom is -0.406 e. The first-order valence-corrected chi connectivity index (χ1v) is 6.13. The van der Waals surface area contributed by atoms with Gasteiger partial charge < -0.3 is 9.84 Å². The molecule has 2 rings (SSSR count). The number of rotatable bonds is 3. The van der Waals surface area contributed by atoms with E-state index >= 15 is 0 Å². The van der Waals surface area contributed by atoms with E-state index in [2.05, 4.69) is 4.74 Å².